The molecule has 1 aliphatic heterocycles. The smallest absolute Gasteiger partial charge is 0.133 e. The second-order valence-corrected chi connectivity index (χ2v) is 11.5. The second-order valence-electron chi connectivity index (χ2n) is 11.5. The maximum Gasteiger partial charge on any atom is 0.133 e. The molecule has 0 aromatic heterocycles. The molecule has 0 bridgehead atoms. The van der Waals surface area contributed by atoms with Crippen molar-refractivity contribution >= 4 is 0 Å². The van der Waals surface area contributed by atoms with E-state index < -0.39 is 0 Å². The molecule has 0 aromatic carbocycles. The number of aliphatic hydroxyl groups is 2. The van der Waals surface area contributed by atoms with Crippen molar-refractivity contribution in [2.75, 3.05) is 6.61 Å². The van der Waals surface area contributed by atoms with Crippen molar-refractivity contribution in [1.82, 2.24) is 0 Å². The van der Waals surface area contributed by atoms with E-state index in [0.717, 1.165) is 38.0 Å². The van der Waals surface area contributed by atoms with Crippen molar-refractivity contribution in [3.63, 3.8) is 0 Å². The molecular formula is C27H44O4. The summed E-state index contributed by atoms with van der Waals surface area (Å²) in [7, 11) is 0. The summed E-state index contributed by atoms with van der Waals surface area (Å²) in [6.07, 6.45) is 12.7. The van der Waals surface area contributed by atoms with Crippen LogP contribution in [0.3, 0.4) is 0 Å². The van der Waals surface area contributed by atoms with Crippen molar-refractivity contribution in [3.8, 4) is 0 Å². The van der Waals surface area contributed by atoms with Crippen LogP contribution < -0.4 is 0 Å². The Morgan fingerprint density at radius 3 is 2.71 bits per heavy atom. The summed E-state index contributed by atoms with van der Waals surface area (Å²) in [4.78, 5) is 11.3. The Morgan fingerprint density at radius 1 is 1.13 bits per heavy atom. The molecular weight excluding hydrogens is 388 g/mol. The van der Waals surface area contributed by atoms with Crippen molar-refractivity contribution in [1.29, 1.82) is 0 Å². The van der Waals surface area contributed by atoms with Gasteiger partial charge in [0.25, 0.3) is 0 Å². The molecule has 0 spiro atoms. The van der Waals surface area contributed by atoms with Gasteiger partial charge in [0.2, 0.25) is 0 Å². The lowest BCUT2D eigenvalue weighted by molar-refractivity contribution is -0.310. The van der Waals surface area contributed by atoms with E-state index in [1.807, 2.05) is 0 Å². The van der Waals surface area contributed by atoms with E-state index in [1.54, 1.807) is 5.57 Å². The Morgan fingerprint density at radius 2 is 1.94 bits per heavy atom. The fourth-order valence-corrected chi connectivity index (χ4v) is 7.23. The summed E-state index contributed by atoms with van der Waals surface area (Å²) in [5, 5.41) is 20.5. The normalized spacial score (nSPS) is 39.5. The highest BCUT2D eigenvalue weighted by Gasteiger charge is 2.50. The molecule has 7 atom stereocenters. The van der Waals surface area contributed by atoms with Crippen LogP contribution in [0, 0.1) is 29.1 Å². The molecule has 31 heavy (non-hydrogen) atoms. The van der Waals surface area contributed by atoms with E-state index in [0.29, 0.717) is 29.8 Å². The first-order chi connectivity index (χ1) is 14.8. The molecule has 4 aliphatic rings. The molecule has 2 unspecified atom stereocenters. The molecule has 2 fully saturated rings. The van der Waals surface area contributed by atoms with Gasteiger partial charge in [-0.3, -0.25) is 0 Å². The summed E-state index contributed by atoms with van der Waals surface area (Å²) in [6, 6.07) is 0. The average Bonchev–Trinajstić information content (AvgIpc) is 3.10. The monoisotopic (exact) mass is 432 g/mol. The number of hydrogen-bond acceptors (Lipinski definition) is 4. The third kappa shape index (κ3) is 4.83. The van der Waals surface area contributed by atoms with E-state index in [2.05, 4.69) is 33.8 Å². The zero-order valence-corrected chi connectivity index (χ0v) is 20.1. The van der Waals surface area contributed by atoms with Gasteiger partial charge in [-0.15, -0.1) is 0 Å². The van der Waals surface area contributed by atoms with Crippen LogP contribution in [-0.4, -0.2) is 35.1 Å². The van der Waals surface area contributed by atoms with Crippen LogP contribution in [0.1, 0.15) is 91.9 Å². The highest BCUT2D eigenvalue weighted by atomic mass is 17.2. The van der Waals surface area contributed by atoms with Gasteiger partial charge in [-0.1, -0.05) is 33.3 Å². The minimum absolute atomic E-state index is 0.117. The summed E-state index contributed by atoms with van der Waals surface area (Å²) >= 11 is 0. The zero-order valence-electron chi connectivity index (χ0n) is 20.1. The molecule has 2 saturated carbocycles. The maximum absolute atomic E-state index is 10.3. The number of hydrogen-bond donors (Lipinski definition) is 2. The molecule has 4 heteroatoms. The summed E-state index contributed by atoms with van der Waals surface area (Å²) in [5.41, 5.74) is 4.53. The van der Waals surface area contributed by atoms with Crippen LogP contribution in [0.4, 0.5) is 0 Å². The van der Waals surface area contributed by atoms with E-state index >= 15 is 0 Å². The van der Waals surface area contributed by atoms with Gasteiger partial charge in [0.15, 0.2) is 0 Å². The topological polar surface area (TPSA) is 58.9 Å². The van der Waals surface area contributed by atoms with Gasteiger partial charge < -0.3 is 10.2 Å². The minimum atomic E-state index is -0.240. The lowest BCUT2D eigenvalue weighted by Gasteiger charge is -2.45. The average molecular weight is 433 g/mol. The first kappa shape index (κ1) is 23.5. The number of fused-ring (bicyclic) bond motifs is 1. The molecule has 1 heterocycles. The summed E-state index contributed by atoms with van der Waals surface area (Å²) in [6.45, 7) is 9.74. The minimum Gasteiger partial charge on any atom is -0.393 e. The highest BCUT2D eigenvalue weighted by molar-refractivity contribution is 5.31. The molecule has 176 valence electrons. The number of allylic oxidation sites excluding steroid dienone is 1. The van der Waals surface area contributed by atoms with Crippen molar-refractivity contribution < 1.29 is 20.0 Å². The van der Waals surface area contributed by atoms with Crippen LogP contribution >= 0.6 is 0 Å². The quantitative estimate of drug-likeness (QED) is 0.415. The molecule has 3 aliphatic carbocycles. The zero-order chi connectivity index (χ0) is 22.2. The standard InChI is InChI=1S/C27H44O4/c1-17(2)25(29)12-7-18(3)23-10-11-24-19(6-5-13-27(23,24)4)14-26-22-15-21(28)9-8-20(22)16-30-31-26/h14,17-18,21,23-26,28-29H,5-13,15-16H2,1-4H3/t18-,21+,23-,24+,25?,26?,27-/m1/s1. The molecule has 0 aromatic rings. The van der Waals surface area contributed by atoms with Gasteiger partial charge >= 0.3 is 0 Å². The van der Waals surface area contributed by atoms with Crippen LogP contribution in [0.25, 0.3) is 0 Å². The predicted molar refractivity (Wildman–Crippen MR) is 123 cm³/mol. The van der Waals surface area contributed by atoms with E-state index in [1.165, 1.54) is 43.3 Å². The van der Waals surface area contributed by atoms with Gasteiger partial charge in [-0.05, 0) is 111 Å². The van der Waals surface area contributed by atoms with Crippen LogP contribution in [0.15, 0.2) is 22.8 Å². The molecule has 4 rings (SSSR count). The van der Waals surface area contributed by atoms with Crippen LogP contribution in [-0.2, 0) is 9.78 Å². The van der Waals surface area contributed by atoms with Gasteiger partial charge in [-0.25, -0.2) is 9.78 Å². The fraction of sp³-hybridized carbons (Fsp3) is 0.852. The Labute approximate surface area is 189 Å². The molecule has 0 amide bonds. The lowest BCUT2D eigenvalue weighted by Crippen LogP contribution is -2.37. The number of rotatable bonds is 6. The molecule has 2 N–H and O–H groups in total. The van der Waals surface area contributed by atoms with Crippen molar-refractivity contribution in [3.05, 3.63) is 22.8 Å². The van der Waals surface area contributed by atoms with Gasteiger partial charge in [-0.2, -0.15) is 0 Å². The SMILES string of the molecule is CC(C)C(O)CC[C@@H](C)[C@H]1CC[C@H]2C(=CC3OOCC4=C3C[C@@H](O)CC4)CCC[C@]12C. The van der Waals surface area contributed by atoms with Gasteiger partial charge in [0.1, 0.15) is 12.7 Å². The first-order valence-corrected chi connectivity index (χ1v) is 12.9. The Hall–Kier alpha value is -0.680. The molecule has 0 radical (unpaired) electrons. The second kappa shape index (κ2) is 9.67. The van der Waals surface area contributed by atoms with E-state index in [4.69, 9.17) is 9.78 Å². The number of aliphatic hydroxyl groups excluding tert-OH is 2. The van der Waals surface area contributed by atoms with Gasteiger partial charge in [0, 0.05) is 0 Å². The Bertz CT molecular complexity index is 695. The summed E-state index contributed by atoms with van der Waals surface area (Å²) in [5.74, 6) is 2.36. The Balaban J connectivity index is 1.48. The highest BCUT2D eigenvalue weighted by Crippen LogP contribution is 2.60. The largest absolute Gasteiger partial charge is 0.393 e. The first-order valence-electron chi connectivity index (χ1n) is 12.9. The fourth-order valence-electron chi connectivity index (χ4n) is 7.23. The van der Waals surface area contributed by atoms with E-state index in [9.17, 15) is 10.2 Å². The third-order valence-electron chi connectivity index (χ3n) is 9.21. The Kier molecular flexibility index (Phi) is 7.32. The van der Waals surface area contributed by atoms with E-state index in [-0.39, 0.29) is 18.3 Å². The third-order valence-corrected chi connectivity index (χ3v) is 9.21. The molecule has 4 nitrogen and oxygen atoms in total. The lowest BCUT2D eigenvalue weighted by atomic mass is 9.60. The van der Waals surface area contributed by atoms with Crippen molar-refractivity contribution in [2.24, 2.45) is 29.1 Å². The maximum atomic E-state index is 10.3. The predicted octanol–water partition coefficient (Wildman–Crippen LogP) is 5.73. The van der Waals surface area contributed by atoms with Gasteiger partial charge in [0.05, 0.1) is 12.2 Å². The summed E-state index contributed by atoms with van der Waals surface area (Å²) < 4.78 is 0. The van der Waals surface area contributed by atoms with Crippen molar-refractivity contribution in [2.45, 2.75) is 110 Å². The van der Waals surface area contributed by atoms with Crippen LogP contribution in [0.5, 0.6) is 0 Å². The molecule has 0 saturated heterocycles. The van der Waals surface area contributed by atoms with Crippen LogP contribution in [0.2, 0.25) is 0 Å².